The average molecular weight is 348 g/mol. The summed E-state index contributed by atoms with van der Waals surface area (Å²) in [6.45, 7) is 9.68. The van der Waals surface area contributed by atoms with E-state index in [1.807, 2.05) is 20.8 Å². The number of carbonyl (C=O) groups is 2. The zero-order valence-corrected chi connectivity index (χ0v) is 15.5. The van der Waals surface area contributed by atoms with Crippen LogP contribution in [-0.2, 0) is 14.3 Å². The minimum atomic E-state index is -0.541. The first kappa shape index (κ1) is 19.2. The van der Waals surface area contributed by atoms with Gasteiger partial charge in [0.05, 0.1) is 12.6 Å². The van der Waals surface area contributed by atoms with Gasteiger partial charge in [-0.2, -0.15) is 0 Å². The van der Waals surface area contributed by atoms with Crippen molar-refractivity contribution in [1.82, 2.24) is 5.32 Å². The molecule has 0 spiro atoms. The van der Waals surface area contributed by atoms with Crippen molar-refractivity contribution in [2.24, 2.45) is 0 Å². The molecule has 0 radical (unpaired) electrons. The second-order valence-corrected chi connectivity index (χ2v) is 7.94. The van der Waals surface area contributed by atoms with Crippen LogP contribution in [0.3, 0.4) is 0 Å². The Balaban J connectivity index is 2.81. The van der Waals surface area contributed by atoms with Crippen LogP contribution in [0.5, 0.6) is 0 Å². The molecule has 1 aliphatic rings. The number of esters is 1. The highest BCUT2D eigenvalue weighted by atomic mass is 32.2. The number of hydrogen-bond acceptors (Lipinski definition) is 6. The molecule has 1 N–H and O–H groups in total. The molecule has 0 aromatic rings. The molecule has 0 saturated heterocycles. The number of hydrogen-bond donors (Lipinski definition) is 1. The summed E-state index contributed by atoms with van der Waals surface area (Å²) in [5.41, 5.74) is -0.541. The van der Waals surface area contributed by atoms with E-state index in [-0.39, 0.29) is 12.0 Å². The zero-order valence-electron chi connectivity index (χ0n) is 13.9. The zero-order chi connectivity index (χ0) is 16.8. The Kier molecular flexibility index (Phi) is 7.62. The predicted octanol–water partition coefficient (Wildman–Crippen LogP) is 3.54. The van der Waals surface area contributed by atoms with Crippen LogP contribution in [0, 0.1) is 0 Å². The standard InChI is InChI=1S/C15H25NO4S2/c1-6-8-21-11-10(16-14(18)20-15(3,4)5)9-22-12(11)13(17)19-7-2/h10H,6-9H2,1-5H3,(H,16,18). The first-order valence-corrected chi connectivity index (χ1v) is 9.42. The van der Waals surface area contributed by atoms with Gasteiger partial charge in [0.2, 0.25) is 0 Å². The maximum absolute atomic E-state index is 12.0. The van der Waals surface area contributed by atoms with Gasteiger partial charge in [0.1, 0.15) is 10.5 Å². The molecule has 0 aliphatic carbocycles. The van der Waals surface area contributed by atoms with E-state index in [0.717, 1.165) is 17.1 Å². The molecule has 22 heavy (non-hydrogen) atoms. The van der Waals surface area contributed by atoms with Crippen molar-refractivity contribution in [3.05, 3.63) is 9.81 Å². The van der Waals surface area contributed by atoms with Crippen LogP contribution in [0.1, 0.15) is 41.0 Å². The Hall–Kier alpha value is -0.820. The van der Waals surface area contributed by atoms with E-state index in [4.69, 9.17) is 9.47 Å². The molecule has 1 rings (SSSR count). The lowest BCUT2D eigenvalue weighted by Gasteiger charge is -2.22. The third kappa shape index (κ3) is 6.12. The summed E-state index contributed by atoms with van der Waals surface area (Å²) < 4.78 is 10.4. The Bertz CT molecular complexity index is 443. The predicted molar refractivity (Wildman–Crippen MR) is 92.0 cm³/mol. The third-order valence-corrected chi connectivity index (χ3v) is 5.26. The number of rotatable bonds is 6. The fourth-order valence-corrected chi connectivity index (χ4v) is 4.25. The molecule has 7 heteroatoms. The van der Waals surface area contributed by atoms with Crippen molar-refractivity contribution in [2.45, 2.75) is 52.7 Å². The van der Waals surface area contributed by atoms with Gasteiger partial charge < -0.3 is 14.8 Å². The number of carbonyl (C=O) groups excluding carboxylic acids is 2. The summed E-state index contributed by atoms with van der Waals surface area (Å²) in [7, 11) is 0. The lowest BCUT2D eigenvalue weighted by Crippen LogP contribution is -2.40. The van der Waals surface area contributed by atoms with Crippen LogP contribution in [-0.4, -0.2) is 41.8 Å². The fourth-order valence-electron chi connectivity index (χ4n) is 1.76. The van der Waals surface area contributed by atoms with Crippen LogP contribution >= 0.6 is 23.5 Å². The fraction of sp³-hybridized carbons (Fsp3) is 0.733. The molecular weight excluding hydrogens is 322 g/mol. The number of thioether (sulfide) groups is 2. The molecule has 126 valence electrons. The molecule has 1 aliphatic heterocycles. The molecule has 5 nitrogen and oxygen atoms in total. The molecule has 0 fully saturated rings. The van der Waals surface area contributed by atoms with Crippen molar-refractivity contribution < 1.29 is 19.1 Å². The molecular formula is C15H25NO4S2. The van der Waals surface area contributed by atoms with E-state index in [1.54, 1.807) is 18.7 Å². The SMILES string of the molecule is CCCSC1=C(C(=O)OCC)SCC1NC(=O)OC(C)(C)C. The lowest BCUT2D eigenvalue weighted by atomic mass is 10.2. The number of nitrogens with one attached hydrogen (secondary N) is 1. The minimum Gasteiger partial charge on any atom is -0.462 e. The van der Waals surface area contributed by atoms with E-state index >= 15 is 0 Å². The molecule has 1 atom stereocenters. The van der Waals surface area contributed by atoms with E-state index < -0.39 is 11.7 Å². The first-order chi connectivity index (χ1) is 10.3. The third-order valence-electron chi connectivity index (χ3n) is 2.55. The van der Waals surface area contributed by atoms with Crippen molar-refractivity contribution in [3.8, 4) is 0 Å². The highest BCUT2D eigenvalue weighted by Gasteiger charge is 2.33. The van der Waals surface area contributed by atoms with Gasteiger partial charge in [-0.15, -0.1) is 23.5 Å². The van der Waals surface area contributed by atoms with Crippen molar-refractivity contribution in [3.63, 3.8) is 0 Å². The molecule has 0 saturated carbocycles. The quantitative estimate of drug-likeness (QED) is 0.741. The van der Waals surface area contributed by atoms with E-state index in [2.05, 4.69) is 12.2 Å². The van der Waals surface area contributed by atoms with Gasteiger partial charge in [-0.1, -0.05) is 6.92 Å². The minimum absolute atomic E-state index is 0.198. The molecule has 0 aromatic carbocycles. The molecule has 0 aromatic heterocycles. The molecule has 1 amide bonds. The Morgan fingerprint density at radius 3 is 2.59 bits per heavy atom. The van der Waals surface area contributed by atoms with Gasteiger partial charge in [0.25, 0.3) is 0 Å². The van der Waals surface area contributed by atoms with Crippen LogP contribution in [0.4, 0.5) is 4.79 Å². The van der Waals surface area contributed by atoms with E-state index in [0.29, 0.717) is 17.3 Å². The topological polar surface area (TPSA) is 64.6 Å². The van der Waals surface area contributed by atoms with Crippen molar-refractivity contribution >= 4 is 35.6 Å². The average Bonchev–Trinajstić information content (AvgIpc) is 2.77. The number of alkyl carbamates (subject to hydrolysis) is 1. The largest absolute Gasteiger partial charge is 0.462 e. The van der Waals surface area contributed by atoms with E-state index in [1.165, 1.54) is 11.8 Å². The second-order valence-electron chi connectivity index (χ2n) is 5.77. The summed E-state index contributed by atoms with van der Waals surface area (Å²) in [6, 6.07) is -0.198. The molecule has 1 heterocycles. The molecule has 1 unspecified atom stereocenters. The number of ether oxygens (including phenoxy) is 2. The Morgan fingerprint density at radius 2 is 2.05 bits per heavy atom. The van der Waals surface area contributed by atoms with Crippen LogP contribution < -0.4 is 5.32 Å². The lowest BCUT2D eigenvalue weighted by molar-refractivity contribution is -0.137. The van der Waals surface area contributed by atoms with Gasteiger partial charge in [0.15, 0.2) is 0 Å². The van der Waals surface area contributed by atoms with Gasteiger partial charge >= 0.3 is 12.1 Å². The molecule has 0 bridgehead atoms. The normalized spacial score (nSPS) is 18.3. The van der Waals surface area contributed by atoms with Crippen molar-refractivity contribution in [1.29, 1.82) is 0 Å². The summed E-state index contributed by atoms with van der Waals surface area (Å²) >= 11 is 3.03. The van der Waals surface area contributed by atoms with Gasteiger partial charge in [0, 0.05) is 10.7 Å². The summed E-state index contributed by atoms with van der Waals surface area (Å²) in [6.07, 6.45) is 0.534. The number of amides is 1. The highest BCUT2D eigenvalue weighted by molar-refractivity contribution is 8.08. The van der Waals surface area contributed by atoms with Crippen molar-refractivity contribution in [2.75, 3.05) is 18.1 Å². The summed E-state index contributed by atoms with van der Waals surface area (Å²) in [5, 5.41) is 2.85. The van der Waals surface area contributed by atoms with E-state index in [9.17, 15) is 9.59 Å². The summed E-state index contributed by atoms with van der Waals surface area (Å²) in [5.74, 6) is 1.21. The van der Waals surface area contributed by atoms with Crippen LogP contribution in [0.15, 0.2) is 9.81 Å². The maximum Gasteiger partial charge on any atom is 0.408 e. The smallest absolute Gasteiger partial charge is 0.408 e. The Labute approximate surface area is 140 Å². The highest BCUT2D eigenvalue weighted by Crippen LogP contribution is 2.39. The summed E-state index contributed by atoms with van der Waals surface area (Å²) in [4.78, 5) is 25.5. The van der Waals surface area contributed by atoms with Crippen LogP contribution in [0.25, 0.3) is 0 Å². The van der Waals surface area contributed by atoms with Gasteiger partial charge in [-0.25, -0.2) is 9.59 Å². The van der Waals surface area contributed by atoms with Gasteiger partial charge in [-0.05, 0) is 39.9 Å². The first-order valence-electron chi connectivity index (χ1n) is 7.44. The maximum atomic E-state index is 12.0. The van der Waals surface area contributed by atoms with Crippen LogP contribution in [0.2, 0.25) is 0 Å². The monoisotopic (exact) mass is 347 g/mol. The Morgan fingerprint density at radius 1 is 1.36 bits per heavy atom. The second kappa shape index (κ2) is 8.72. The van der Waals surface area contributed by atoms with Gasteiger partial charge in [-0.3, -0.25) is 0 Å².